The van der Waals surface area contributed by atoms with E-state index in [1.54, 1.807) is 12.7 Å². The Morgan fingerprint density at radius 3 is 2.68 bits per heavy atom. The van der Waals surface area contributed by atoms with Crippen LogP contribution in [0.2, 0.25) is 0 Å². The number of aromatic nitrogens is 4. The zero-order valence-corrected chi connectivity index (χ0v) is 12.3. The fourth-order valence-electron chi connectivity index (χ4n) is 2.75. The summed E-state index contributed by atoms with van der Waals surface area (Å²) in [7, 11) is 0. The summed E-state index contributed by atoms with van der Waals surface area (Å²) >= 11 is 0. The van der Waals surface area contributed by atoms with Gasteiger partial charge in [0.05, 0.1) is 6.54 Å². The molecule has 1 fully saturated rings. The molecule has 1 saturated heterocycles. The Balaban J connectivity index is 1.35. The average Bonchev–Trinajstić information content (AvgIpc) is 3.22. The second-order valence-electron chi connectivity index (χ2n) is 5.45. The van der Waals surface area contributed by atoms with Crippen molar-refractivity contribution in [2.75, 3.05) is 37.6 Å². The monoisotopic (exact) mass is 298 g/mol. The molecular weight excluding hydrogens is 280 g/mol. The van der Waals surface area contributed by atoms with Gasteiger partial charge in [0.15, 0.2) is 5.58 Å². The van der Waals surface area contributed by atoms with Crippen molar-refractivity contribution in [3.05, 3.63) is 36.9 Å². The number of hydrogen-bond acceptors (Lipinski definition) is 6. The molecular formula is C15H18N6O. The molecule has 2 aromatic heterocycles. The highest BCUT2D eigenvalue weighted by atomic mass is 16.4. The van der Waals surface area contributed by atoms with Gasteiger partial charge >= 0.3 is 0 Å². The molecule has 0 bridgehead atoms. The predicted octanol–water partition coefficient (Wildman–Crippen LogP) is 1.24. The number of anilines is 1. The fourth-order valence-corrected chi connectivity index (χ4v) is 2.75. The maximum absolute atomic E-state index is 5.84. The van der Waals surface area contributed by atoms with E-state index in [0.717, 1.165) is 56.4 Å². The number of fused-ring (bicyclic) bond motifs is 1. The highest BCUT2D eigenvalue weighted by Crippen LogP contribution is 2.22. The zero-order valence-electron chi connectivity index (χ0n) is 12.3. The summed E-state index contributed by atoms with van der Waals surface area (Å²) in [6.07, 6.45) is 3.33. The summed E-state index contributed by atoms with van der Waals surface area (Å²) in [4.78, 5) is 13.2. The van der Waals surface area contributed by atoms with Crippen molar-refractivity contribution in [2.24, 2.45) is 0 Å². The topological polar surface area (TPSA) is 63.2 Å². The van der Waals surface area contributed by atoms with E-state index >= 15 is 0 Å². The van der Waals surface area contributed by atoms with Gasteiger partial charge < -0.3 is 9.32 Å². The van der Waals surface area contributed by atoms with Crippen LogP contribution in [0.3, 0.4) is 0 Å². The molecule has 3 aromatic rings. The first-order valence-electron chi connectivity index (χ1n) is 7.54. The molecule has 0 amide bonds. The van der Waals surface area contributed by atoms with Crippen LogP contribution in [0.15, 0.2) is 41.3 Å². The zero-order chi connectivity index (χ0) is 14.8. The standard InChI is InChI=1S/C15H18N6O/c1-2-4-14-13(3-1)18-15(22-14)20-8-5-19(6-9-20)7-10-21-12-16-11-17-21/h1-4,11-12H,5-10H2. The van der Waals surface area contributed by atoms with Gasteiger partial charge in [-0.25, -0.2) is 4.98 Å². The summed E-state index contributed by atoms with van der Waals surface area (Å²) in [5.74, 6) is 0. The molecule has 7 nitrogen and oxygen atoms in total. The van der Waals surface area contributed by atoms with Gasteiger partial charge in [-0.3, -0.25) is 9.58 Å². The van der Waals surface area contributed by atoms with Crippen molar-refractivity contribution >= 4 is 17.1 Å². The molecule has 0 radical (unpaired) electrons. The molecule has 0 atom stereocenters. The Hall–Kier alpha value is -2.41. The Bertz CT molecular complexity index is 696. The first-order chi connectivity index (χ1) is 10.9. The minimum atomic E-state index is 0.733. The highest BCUT2D eigenvalue weighted by molar-refractivity contribution is 5.74. The van der Waals surface area contributed by atoms with Gasteiger partial charge in [-0.05, 0) is 12.1 Å². The summed E-state index contributed by atoms with van der Waals surface area (Å²) in [6, 6.07) is 8.63. The van der Waals surface area contributed by atoms with Crippen molar-refractivity contribution in [3.8, 4) is 0 Å². The molecule has 22 heavy (non-hydrogen) atoms. The van der Waals surface area contributed by atoms with Crippen LogP contribution in [0.4, 0.5) is 6.01 Å². The molecule has 1 aromatic carbocycles. The van der Waals surface area contributed by atoms with Crippen LogP contribution in [0.5, 0.6) is 0 Å². The van der Waals surface area contributed by atoms with Crippen molar-refractivity contribution in [1.29, 1.82) is 0 Å². The summed E-state index contributed by atoms with van der Waals surface area (Å²) in [6.45, 7) is 5.75. The minimum Gasteiger partial charge on any atom is -0.423 e. The molecule has 0 unspecified atom stereocenters. The van der Waals surface area contributed by atoms with Crippen LogP contribution >= 0.6 is 0 Å². The summed E-state index contributed by atoms with van der Waals surface area (Å²) in [5.41, 5.74) is 1.78. The first-order valence-corrected chi connectivity index (χ1v) is 7.54. The fraction of sp³-hybridized carbons (Fsp3) is 0.400. The minimum absolute atomic E-state index is 0.733. The van der Waals surface area contributed by atoms with Gasteiger partial charge in [0.1, 0.15) is 18.2 Å². The molecule has 1 aliphatic heterocycles. The molecule has 1 aliphatic rings. The summed E-state index contributed by atoms with van der Waals surface area (Å²) in [5, 5.41) is 4.13. The Labute approximate surface area is 128 Å². The summed E-state index contributed by atoms with van der Waals surface area (Å²) < 4.78 is 7.70. The van der Waals surface area contributed by atoms with E-state index in [1.807, 2.05) is 28.9 Å². The van der Waals surface area contributed by atoms with Gasteiger partial charge in [-0.2, -0.15) is 10.1 Å². The van der Waals surface area contributed by atoms with Gasteiger partial charge in [0.25, 0.3) is 6.01 Å². The molecule has 0 N–H and O–H groups in total. The number of oxazole rings is 1. The van der Waals surface area contributed by atoms with Crippen molar-refractivity contribution in [3.63, 3.8) is 0 Å². The van der Waals surface area contributed by atoms with Gasteiger partial charge in [0, 0.05) is 32.7 Å². The number of nitrogens with zero attached hydrogens (tertiary/aromatic N) is 6. The number of para-hydroxylation sites is 2. The smallest absolute Gasteiger partial charge is 0.298 e. The second kappa shape index (κ2) is 5.76. The van der Waals surface area contributed by atoms with E-state index in [4.69, 9.17) is 4.42 Å². The average molecular weight is 298 g/mol. The highest BCUT2D eigenvalue weighted by Gasteiger charge is 2.20. The van der Waals surface area contributed by atoms with Crippen molar-refractivity contribution in [2.45, 2.75) is 6.54 Å². The van der Waals surface area contributed by atoms with E-state index in [2.05, 4.69) is 24.9 Å². The normalized spacial score (nSPS) is 16.5. The Kier molecular flexibility index (Phi) is 3.48. The first kappa shape index (κ1) is 13.3. The Morgan fingerprint density at radius 1 is 1.05 bits per heavy atom. The number of benzene rings is 1. The molecule has 0 spiro atoms. The predicted molar refractivity (Wildman–Crippen MR) is 82.7 cm³/mol. The lowest BCUT2D eigenvalue weighted by Gasteiger charge is -2.33. The van der Waals surface area contributed by atoms with Crippen LogP contribution in [0.25, 0.3) is 11.1 Å². The van der Waals surface area contributed by atoms with E-state index in [9.17, 15) is 0 Å². The van der Waals surface area contributed by atoms with E-state index in [1.165, 1.54) is 0 Å². The van der Waals surface area contributed by atoms with Crippen LogP contribution in [0, 0.1) is 0 Å². The van der Waals surface area contributed by atoms with E-state index in [-0.39, 0.29) is 0 Å². The maximum Gasteiger partial charge on any atom is 0.298 e. The lowest BCUT2D eigenvalue weighted by Crippen LogP contribution is -2.47. The van der Waals surface area contributed by atoms with Crippen LogP contribution < -0.4 is 4.90 Å². The quantitative estimate of drug-likeness (QED) is 0.722. The van der Waals surface area contributed by atoms with Crippen molar-refractivity contribution in [1.82, 2.24) is 24.6 Å². The van der Waals surface area contributed by atoms with Crippen LogP contribution in [0.1, 0.15) is 0 Å². The Morgan fingerprint density at radius 2 is 1.91 bits per heavy atom. The van der Waals surface area contributed by atoms with Gasteiger partial charge in [-0.1, -0.05) is 12.1 Å². The third kappa shape index (κ3) is 2.67. The van der Waals surface area contributed by atoms with Gasteiger partial charge in [0.2, 0.25) is 0 Å². The number of piperazine rings is 1. The maximum atomic E-state index is 5.84. The lowest BCUT2D eigenvalue weighted by atomic mass is 10.3. The molecule has 0 saturated carbocycles. The van der Waals surface area contributed by atoms with Crippen LogP contribution in [-0.2, 0) is 6.54 Å². The number of rotatable bonds is 4. The van der Waals surface area contributed by atoms with E-state index < -0.39 is 0 Å². The van der Waals surface area contributed by atoms with Crippen molar-refractivity contribution < 1.29 is 4.42 Å². The second-order valence-corrected chi connectivity index (χ2v) is 5.45. The van der Waals surface area contributed by atoms with E-state index in [0.29, 0.717) is 0 Å². The van der Waals surface area contributed by atoms with Gasteiger partial charge in [-0.15, -0.1) is 0 Å². The molecule has 4 rings (SSSR count). The SMILES string of the molecule is c1ccc2oc(N3CCN(CCn4cncn4)CC3)nc2c1. The molecule has 7 heteroatoms. The molecule has 0 aliphatic carbocycles. The number of hydrogen-bond donors (Lipinski definition) is 0. The lowest BCUT2D eigenvalue weighted by molar-refractivity contribution is 0.240. The third-order valence-corrected chi connectivity index (χ3v) is 4.04. The molecule has 3 heterocycles. The molecule has 114 valence electrons. The third-order valence-electron chi connectivity index (χ3n) is 4.04. The van der Waals surface area contributed by atoms with Crippen LogP contribution in [-0.4, -0.2) is 57.4 Å². The largest absolute Gasteiger partial charge is 0.423 e.